The Morgan fingerprint density at radius 1 is 1.31 bits per heavy atom. The smallest absolute Gasteiger partial charge is 0.250 e. The molecule has 0 aliphatic heterocycles. The van der Waals surface area contributed by atoms with Gasteiger partial charge in [-0.2, -0.15) is 0 Å². The third-order valence-corrected chi connectivity index (χ3v) is 1.93. The van der Waals surface area contributed by atoms with Gasteiger partial charge in [-0.1, -0.05) is 12.1 Å². The molecule has 5 nitrogen and oxygen atoms in total. The van der Waals surface area contributed by atoms with E-state index in [-0.39, 0.29) is 12.5 Å². The third kappa shape index (κ3) is 3.36. The van der Waals surface area contributed by atoms with Gasteiger partial charge in [0.15, 0.2) is 0 Å². The topological polar surface area (TPSA) is 75.4 Å². The Labute approximate surface area is 94.2 Å². The molecule has 0 unspecified atom stereocenters. The zero-order chi connectivity index (χ0) is 12.1. The quantitative estimate of drug-likeness (QED) is 0.767. The summed E-state index contributed by atoms with van der Waals surface area (Å²) in [6.07, 6.45) is 0. The number of para-hydroxylation sites is 1. The predicted octanol–water partition coefficient (Wildman–Crippen LogP) is 0.286. The van der Waals surface area contributed by atoms with E-state index >= 15 is 0 Å². The summed E-state index contributed by atoms with van der Waals surface area (Å²) in [7, 11) is 3.58. The highest BCUT2D eigenvalue weighted by Crippen LogP contribution is 2.13. The summed E-state index contributed by atoms with van der Waals surface area (Å²) in [6, 6.07) is 6.65. The molecule has 3 N–H and O–H groups in total. The van der Waals surface area contributed by atoms with E-state index in [4.69, 9.17) is 5.73 Å². The molecule has 0 aromatic heterocycles. The number of carbonyl (C=O) groups excluding carboxylic acids is 2. The van der Waals surface area contributed by atoms with E-state index in [1.165, 1.54) is 0 Å². The number of hydrogen-bond acceptors (Lipinski definition) is 3. The molecule has 0 saturated heterocycles. The first-order chi connectivity index (χ1) is 7.50. The van der Waals surface area contributed by atoms with Crippen LogP contribution in [0.5, 0.6) is 0 Å². The Bertz CT molecular complexity index is 402. The van der Waals surface area contributed by atoms with E-state index in [0.717, 1.165) is 0 Å². The number of anilines is 1. The minimum Gasteiger partial charge on any atom is -0.366 e. The van der Waals surface area contributed by atoms with Gasteiger partial charge in [-0.25, -0.2) is 0 Å². The second kappa shape index (κ2) is 5.27. The molecule has 5 heteroatoms. The minimum atomic E-state index is -0.555. The average Bonchev–Trinajstić information content (AvgIpc) is 2.16. The van der Waals surface area contributed by atoms with Gasteiger partial charge in [-0.15, -0.1) is 0 Å². The van der Waals surface area contributed by atoms with Crippen molar-refractivity contribution >= 4 is 17.5 Å². The predicted molar refractivity (Wildman–Crippen MR) is 62.1 cm³/mol. The summed E-state index contributed by atoms with van der Waals surface area (Å²) < 4.78 is 0. The minimum absolute atomic E-state index is 0.182. The van der Waals surface area contributed by atoms with Gasteiger partial charge in [0.05, 0.1) is 17.8 Å². The molecule has 0 aliphatic rings. The lowest BCUT2D eigenvalue weighted by atomic mass is 10.1. The van der Waals surface area contributed by atoms with Crippen molar-refractivity contribution in [2.24, 2.45) is 5.73 Å². The van der Waals surface area contributed by atoms with Crippen molar-refractivity contribution in [2.45, 2.75) is 0 Å². The van der Waals surface area contributed by atoms with E-state index < -0.39 is 5.91 Å². The molecule has 0 atom stereocenters. The van der Waals surface area contributed by atoms with Gasteiger partial charge in [0.1, 0.15) is 0 Å². The molecule has 1 aromatic rings. The Morgan fingerprint density at radius 3 is 2.50 bits per heavy atom. The first-order valence-electron chi connectivity index (χ1n) is 4.84. The first kappa shape index (κ1) is 12.2. The van der Waals surface area contributed by atoms with Crippen LogP contribution < -0.4 is 11.1 Å². The van der Waals surface area contributed by atoms with Crippen molar-refractivity contribution in [1.29, 1.82) is 0 Å². The van der Waals surface area contributed by atoms with Gasteiger partial charge in [0.2, 0.25) is 5.91 Å². The fourth-order valence-corrected chi connectivity index (χ4v) is 1.28. The Hall–Kier alpha value is -1.88. The maximum atomic E-state index is 11.5. The standard InChI is InChI=1S/C11H15N3O2/c1-14(2)7-10(15)13-9-6-4-3-5-8(9)11(12)16/h3-6H,7H2,1-2H3,(H2,12,16)(H,13,15). The number of amides is 2. The molecule has 16 heavy (non-hydrogen) atoms. The van der Waals surface area contributed by atoms with E-state index in [0.29, 0.717) is 11.3 Å². The number of nitrogens with zero attached hydrogens (tertiary/aromatic N) is 1. The number of nitrogens with one attached hydrogen (secondary N) is 1. The molecule has 0 heterocycles. The zero-order valence-electron chi connectivity index (χ0n) is 9.36. The lowest BCUT2D eigenvalue weighted by Gasteiger charge is -2.11. The summed E-state index contributed by atoms with van der Waals surface area (Å²) in [5.74, 6) is -0.737. The number of benzene rings is 1. The van der Waals surface area contributed by atoms with Crippen molar-refractivity contribution in [2.75, 3.05) is 26.0 Å². The molecular weight excluding hydrogens is 206 g/mol. The van der Waals surface area contributed by atoms with Crippen LogP contribution in [0.1, 0.15) is 10.4 Å². The normalized spacial score (nSPS) is 10.2. The van der Waals surface area contributed by atoms with Gasteiger partial charge < -0.3 is 16.0 Å². The van der Waals surface area contributed by atoms with Crippen LogP contribution in [-0.4, -0.2) is 37.4 Å². The number of likely N-dealkylation sites (N-methyl/N-ethyl adjacent to an activating group) is 1. The largest absolute Gasteiger partial charge is 0.366 e. The number of hydrogen-bond donors (Lipinski definition) is 2. The molecule has 2 amide bonds. The third-order valence-electron chi connectivity index (χ3n) is 1.93. The van der Waals surface area contributed by atoms with Gasteiger partial charge in [-0.3, -0.25) is 9.59 Å². The zero-order valence-corrected chi connectivity index (χ0v) is 9.36. The number of nitrogens with two attached hydrogens (primary N) is 1. The van der Waals surface area contributed by atoms with Gasteiger partial charge in [-0.05, 0) is 26.2 Å². The second-order valence-corrected chi connectivity index (χ2v) is 3.70. The molecule has 0 fully saturated rings. The molecule has 1 aromatic carbocycles. The maximum Gasteiger partial charge on any atom is 0.250 e. The number of carbonyl (C=O) groups is 2. The van der Waals surface area contributed by atoms with Crippen molar-refractivity contribution < 1.29 is 9.59 Å². The van der Waals surface area contributed by atoms with E-state index in [1.54, 1.807) is 43.3 Å². The molecular formula is C11H15N3O2. The second-order valence-electron chi connectivity index (χ2n) is 3.70. The Kier molecular flexibility index (Phi) is 4.02. The molecule has 0 radical (unpaired) electrons. The van der Waals surface area contributed by atoms with Crippen LogP contribution in [0.25, 0.3) is 0 Å². The molecule has 1 rings (SSSR count). The molecule has 86 valence electrons. The first-order valence-corrected chi connectivity index (χ1v) is 4.84. The van der Waals surface area contributed by atoms with E-state index in [2.05, 4.69) is 5.32 Å². The van der Waals surface area contributed by atoms with Gasteiger partial charge >= 0.3 is 0 Å². The lowest BCUT2D eigenvalue weighted by molar-refractivity contribution is -0.116. The highest BCUT2D eigenvalue weighted by atomic mass is 16.2. The van der Waals surface area contributed by atoms with Crippen molar-refractivity contribution in [3.05, 3.63) is 29.8 Å². The van der Waals surface area contributed by atoms with Crippen LogP contribution in [-0.2, 0) is 4.79 Å². The fourth-order valence-electron chi connectivity index (χ4n) is 1.28. The summed E-state index contributed by atoms with van der Waals surface area (Å²) in [5.41, 5.74) is 5.95. The van der Waals surface area contributed by atoms with Crippen LogP contribution in [0.15, 0.2) is 24.3 Å². The molecule has 0 spiro atoms. The molecule has 0 saturated carbocycles. The van der Waals surface area contributed by atoms with Gasteiger partial charge in [0, 0.05) is 0 Å². The summed E-state index contributed by atoms with van der Waals surface area (Å²) in [5, 5.41) is 2.64. The van der Waals surface area contributed by atoms with E-state index in [1.807, 2.05) is 0 Å². The van der Waals surface area contributed by atoms with Crippen LogP contribution in [0.3, 0.4) is 0 Å². The summed E-state index contributed by atoms with van der Waals surface area (Å²) in [4.78, 5) is 24.3. The Morgan fingerprint density at radius 2 is 1.94 bits per heavy atom. The van der Waals surface area contributed by atoms with Crippen LogP contribution in [0, 0.1) is 0 Å². The fraction of sp³-hybridized carbons (Fsp3) is 0.273. The van der Waals surface area contributed by atoms with Crippen LogP contribution in [0.4, 0.5) is 5.69 Å². The highest BCUT2D eigenvalue weighted by Gasteiger charge is 2.10. The lowest BCUT2D eigenvalue weighted by Crippen LogP contribution is -2.28. The molecule has 0 aliphatic carbocycles. The van der Waals surface area contributed by atoms with E-state index in [9.17, 15) is 9.59 Å². The summed E-state index contributed by atoms with van der Waals surface area (Å²) >= 11 is 0. The monoisotopic (exact) mass is 221 g/mol. The van der Waals surface area contributed by atoms with Crippen LogP contribution >= 0.6 is 0 Å². The van der Waals surface area contributed by atoms with Crippen molar-refractivity contribution in [1.82, 2.24) is 4.90 Å². The van der Waals surface area contributed by atoms with Crippen LogP contribution in [0.2, 0.25) is 0 Å². The average molecular weight is 221 g/mol. The van der Waals surface area contributed by atoms with Crippen molar-refractivity contribution in [3.63, 3.8) is 0 Å². The number of primary amides is 1. The SMILES string of the molecule is CN(C)CC(=O)Nc1ccccc1C(N)=O. The Balaban J connectivity index is 2.81. The van der Waals surface area contributed by atoms with Crippen molar-refractivity contribution in [3.8, 4) is 0 Å². The summed E-state index contributed by atoms with van der Waals surface area (Å²) in [6.45, 7) is 0.257. The number of rotatable bonds is 4. The maximum absolute atomic E-state index is 11.5. The molecule has 0 bridgehead atoms. The highest BCUT2D eigenvalue weighted by molar-refractivity contribution is 6.03. The van der Waals surface area contributed by atoms with Gasteiger partial charge in [0.25, 0.3) is 5.91 Å².